The molecule has 2 unspecified atom stereocenters. The topological polar surface area (TPSA) is 110 Å². The summed E-state index contributed by atoms with van der Waals surface area (Å²) < 4.78 is 9.78. The van der Waals surface area contributed by atoms with E-state index in [1.807, 2.05) is 0 Å². The Kier molecular flexibility index (Phi) is 58.9. The molecule has 0 aromatic heterocycles. The average Bonchev–Trinajstić information content (AvgIpc) is 3.29. The van der Waals surface area contributed by atoms with Crippen LogP contribution in [0.1, 0.15) is 304 Å². The molecule has 7 heteroatoms. The number of ether oxygens (including phenoxy) is 2. The Balaban J connectivity index is -0.00000111. The van der Waals surface area contributed by atoms with Crippen molar-refractivity contribution in [3.05, 3.63) is 0 Å². The van der Waals surface area contributed by atoms with Gasteiger partial charge in [0.2, 0.25) is 0 Å². The van der Waals surface area contributed by atoms with Crippen molar-refractivity contribution in [1.29, 1.82) is 0 Å². The van der Waals surface area contributed by atoms with Crippen LogP contribution >= 0.6 is 0 Å². The second-order valence-corrected chi connectivity index (χ2v) is 19.0. The number of rotatable bonds is 47. The van der Waals surface area contributed by atoms with Crippen molar-refractivity contribution in [2.75, 3.05) is 21.3 Å². The van der Waals surface area contributed by atoms with E-state index in [4.69, 9.17) is 19.7 Å². The third-order valence-electron chi connectivity index (χ3n) is 13.2. The fourth-order valence-electron chi connectivity index (χ4n) is 9.02. The molecule has 0 bridgehead atoms. The molecule has 7 nitrogen and oxygen atoms in total. The lowest BCUT2D eigenvalue weighted by atomic mass is 9.86. The summed E-state index contributed by atoms with van der Waals surface area (Å²) in [6, 6.07) is 0. The molecule has 0 amide bonds. The molecule has 0 aromatic rings. The number of hydrogen-bond donors (Lipinski definition) is 2. The van der Waals surface area contributed by atoms with E-state index in [2.05, 4.69) is 27.7 Å². The first kappa shape index (κ1) is 65.6. The first-order valence-electron chi connectivity index (χ1n) is 27.6. The van der Waals surface area contributed by atoms with E-state index < -0.39 is 23.8 Å². The fourth-order valence-corrected chi connectivity index (χ4v) is 9.02. The van der Waals surface area contributed by atoms with Crippen LogP contribution in [-0.4, -0.2) is 49.5 Å². The number of carbonyl (C=O) groups is 3. The Labute approximate surface area is 393 Å². The third kappa shape index (κ3) is 51.2. The standard InChI is InChI=1S/C29H56O4.C26H52O2.CH4O/c1-5-7-9-11-13-15-16-18-20-22-24-26(23-21-19-17-14-12-10-8-6-2)25-27(28(30)32-3)29(31)33-4;1-3-5-7-9-11-13-14-16-18-20-22-25(23-24-26(27)28)21-19-17-15-12-10-8-6-4-2;1-2/h26-27H,5-25H2,1-4H3;25H,3-24H2,1-2H3,(H,27,28);2H,1H3. The van der Waals surface area contributed by atoms with Gasteiger partial charge in [0.1, 0.15) is 0 Å². The van der Waals surface area contributed by atoms with Crippen molar-refractivity contribution in [3.8, 4) is 0 Å². The van der Waals surface area contributed by atoms with Gasteiger partial charge in [0.05, 0.1) is 14.2 Å². The summed E-state index contributed by atoms with van der Waals surface area (Å²) in [6.07, 6.45) is 54.9. The fraction of sp³-hybridized carbons (Fsp3) is 0.946. The first-order valence-corrected chi connectivity index (χ1v) is 27.6. The number of carboxylic acid groups (broad SMARTS) is 1. The van der Waals surface area contributed by atoms with Crippen LogP contribution in [0.4, 0.5) is 0 Å². The summed E-state index contributed by atoms with van der Waals surface area (Å²) >= 11 is 0. The van der Waals surface area contributed by atoms with E-state index in [0.29, 0.717) is 24.7 Å². The van der Waals surface area contributed by atoms with Crippen LogP contribution in [-0.2, 0) is 23.9 Å². The van der Waals surface area contributed by atoms with Crippen molar-refractivity contribution in [2.45, 2.75) is 304 Å². The van der Waals surface area contributed by atoms with E-state index in [1.165, 1.54) is 258 Å². The predicted octanol–water partition coefficient (Wildman–Crippen LogP) is 17.7. The SMILES string of the molecule is CCCCCCCCCCCCC(CCCCCCCCCC)CC(C(=O)OC)C(=O)OC.CCCCCCCCCCCCC(CCCCCCCCCC)CCC(=O)O.CO. The van der Waals surface area contributed by atoms with Gasteiger partial charge in [-0.25, -0.2) is 0 Å². The summed E-state index contributed by atoms with van der Waals surface area (Å²) in [7, 11) is 3.71. The van der Waals surface area contributed by atoms with Gasteiger partial charge in [-0.2, -0.15) is 0 Å². The first-order chi connectivity index (χ1) is 30.8. The predicted molar refractivity (Wildman–Crippen MR) is 272 cm³/mol. The number of aliphatic hydroxyl groups is 1. The van der Waals surface area contributed by atoms with Crippen LogP contribution < -0.4 is 0 Å². The Morgan fingerprint density at radius 1 is 0.349 bits per heavy atom. The number of carbonyl (C=O) groups excluding carboxylic acids is 2. The number of methoxy groups -OCH3 is 2. The number of carboxylic acids is 1. The average molecular weight is 898 g/mol. The van der Waals surface area contributed by atoms with Crippen molar-refractivity contribution >= 4 is 17.9 Å². The van der Waals surface area contributed by atoms with Crippen LogP contribution in [0.15, 0.2) is 0 Å². The van der Waals surface area contributed by atoms with Crippen LogP contribution in [0, 0.1) is 17.8 Å². The summed E-state index contributed by atoms with van der Waals surface area (Å²) in [5, 5.41) is 16.0. The monoisotopic (exact) mass is 897 g/mol. The van der Waals surface area contributed by atoms with Gasteiger partial charge in [0, 0.05) is 13.5 Å². The van der Waals surface area contributed by atoms with Gasteiger partial charge in [-0.1, -0.05) is 285 Å². The van der Waals surface area contributed by atoms with Gasteiger partial charge < -0.3 is 19.7 Å². The minimum absolute atomic E-state index is 0.361. The van der Waals surface area contributed by atoms with E-state index in [0.717, 1.165) is 26.4 Å². The maximum atomic E-state index is 12.2. The molecule has 0 saturated carbocycles. The second-order valence-electron chi connectivity index (χ2n) is 19.0. The minimum atomic E-state index is -0.776. The number of hydrogen-bond acceptors (Lipinski definition) is 6. The van der Waals surface area contributed by atoms with Crippen molar-refractivity contribution in [3.63, 3.8) is 0 Å². The smallest absolute Gasteiger partial charge is 0.320 e. The summed E-state index contributed by atoms with van der Waals surface area (Å²) in [6.45, 7) is 9.06. The Hall–Kier alpha value is -1.63. The van der Waals surface area contributed by atoms with Crippen LogP contribution in [0.3, 0.4) is 0 Å². The molecular weight excluding hydrogens is 785 g/mol. The molecule has 0 rings (SSSR count). The molecule has 0 spiro atoms. The van der Waals surface area contributed by atoms with Crippen LogP contribution in [0.25, 0.3) is 0 Å². The van der Waals surface area contributed by atoms with E-state index in [1.54, 1.807) is 0 Å². The van der Waals surface area contributed by atoms with Gasteiger partial charge in [0.25, 0.3) is 0 Å². The quantitative estimate of drug-likeness (QED) is 0.0356. The summed E-state index contributed by atoms with van der Waals surface area (Å²) in [4.78, 5) is 35.3. The highest BCUT2D eigenvalue weighted by Crippen LogP contribution is 2.28. The lowest BCUT2D eigenvalue weighted by molar-refractivity contribution is -0.159. The number of esters is 2. The minimum Gasteiger partial charge on any atom is -0.481 e. The molecular formula is C56H112O7. The molecule has 0 heterocycles. The Morgan fingerprint density at radius 3 is 0.794 bits per heavy atom. The highest BCUT2D eigenvalue weighted by molar-refractivity contribution is 5.94. The molecule has 0 saturated heterocycles. The molecule has 0 aromatic carbocycles. The molecule has 2 N–H and O–H groups in total. The molecule has 0 fully saturated rings. The zero-order valence-corrected chi connectivity index (χ0v) is 43.6. The molecule has 378 valence electrons. The van der Waals surface area contributed by atoms with Gasteiger partial charge in [0.15, 0.2) is 5.92 Å². The third-order valence-corrected chi connectivity index (χ3v) is 13.2. The van der Waals surface area contributed by atoms with Gasteiger partial charge in [-0.15, -0.1) is 0 Å². The molecule has 63 heavy (non-hydrogen) atoms. The maximum Gasteiger partial charge on any atom is 0.320 e. The van der Waals surface area contributed by atoms with E-state index in [9.17, 15) is 14.4 Å². The molecule has 0 aliphatic carbocycles. The van der Waals surface area contributed by atoms with Crippen molar-refractivity contribution < 1.29 is 34.1 Å². The molecule has 2 atom stereocenters. The van der Waals surface area contributed by atoms with Gasteiger partial charge in [-0.3, -0.25) is 14.4 Å². The van der Waals surface area contributed by atoms with E-state index >= 15 is 0 Å². The normalized spacial score (nSPS) is 12.0. The van der Waals surface area contributed by atoms with Gasteiger partial charge >= 0.3 is 17.9 Å². The van der Waals surface area contributed by atoms with Crippen molar-refractivity contribution in [1.82, 2.24) is 0 Å². The molecule has 0 aliphatic heterocycles. The highest BCUT2D eigenvalue weighted by Gasteiger charge is 2.31. The molecule has 0 aliphatic rings. The molecule has 0 radical (unpaired) electrons. The Morgan fingerprint density at radius 2 is 0.571 bits per heavy atom. The number of unbranched alkanes of at least 4 members (excludes halogenated alkanes) is 32. The van der Waals surface area contributed by atoms with E-state index in [-0.39, 0.29) is 0 Å². The van der Waals surface area contributed by atoms with Gasteiger partial charge in [-0.05, 0) is 24.7 Å². The zero-order valence-electron chi connectivity index (χ0n) is 43.6. The zero-order chi connectivity index (χ0) is 47.3. The highest BCUT2D eigenvalue weighted by atomic mass is 16.5. The number of aliphatic carboxylic acids is 1. The van der Waals surface area contributed by atoms with Crippen LogP contribution in [0.2, 0.25) is 0 Å². The lowest BCUT2D eigenvalue weighted by Gasteiger charge is -2.21. The largest absolute Gasteiger partial charge is 0.481 e. The summed E-state index contributed by atoms with van der Waals surface area (Å²) in [5.41, 5.74) is 0. The lowest BCUT2D eigenvalue weighted by Crippen LogP contribution is -2.28. The Bertz CT molecular complexity index is 892. The second kappa shape index (κ2) is 56.5. The number of aliphatic hydroxyl groups excluding tert-OH is 1. The van der Waals surface area contributed by atoms with Crippen molar-refractivity contribution in [2.24, 2.45) is 17.8 Å². The summed E-state index contributed by atoms with van der Waals surface area (Å²) in [5.74, 6) is -1.27. The maximum absolute atomic E-state index is 12.2. The van der Waals surface area contributed by atoms with Crippen LogP contribution in [0.5, 0.6) is 0 Å².